The Balaban J connectivity index is 2.05. The highest BCUT2D eigenvalue weighted by atomic mass is 35.5. The first-order chi connectivity index (χ1) is 8.97. The summed E-state index contributed by atoms with van der Waals surface area (Å²) in [7, 11) is 0. The summed E-state index contributed by atoms with van der Waals surface area (Å²) in [4.78, 5) is 14.3. The number of amides is 1. The number of hydrogen-bond acceptors (Lipinski definition) is 2. The molecule has 1 amide bonds. The van der Waals surface area contributed by atoms with Crippen LogP contribution in [0.2, 0.25) is 5.02 Å². The molecule has 2 rings (SSSR count). The number of carbonyl (C=O) groups is 1. The molecule has 1 saturated heterocycles. The molecule has 3 nitrogen and oxygen atoms in total. The van der Waals surface area contributed by atoms with Crippen molar-refractivity contribution in [2.45, 2.75) is 32.7 Å². The highest BCUT2D eigenvalue weighted by Gasteiger charge is 2.25. The van der Waals surface area contributed by atoms with Crippen LogP contribution < -0.4 is 5.73 Å². The van der Waals surface area contributed by atoms with Gasteiger partial charge in [-0.2, -0.15) is 0 Å². The number of aryl methyl sites for hydroxylation is 1. The van der Waals surface area contributed by atoms with Crippen molar-refractivity contribution in [2.75, 3.05) is 13.1 Å². The van der Waals surface area contributed by atoms with Crippen LogP contribution in [0.1, 0.15) is 35.7 Å². The predicted octanol–water partition coefficient (Wildman–Crippen LogP) is 2.85. The highest BCUT2D eigenvalue weighted by molar-refractivity contribution is 6.31. The highest BCUT2D eigenvalue weighted by Crippen LogP contribution is 2.22. The van der Waals surface area contributed by atoms with Gasteiger partial charge in [-0.3, -0.25) is 4.79 Å². The summed E-state index contributed by atoms with van der Waals surface area (Å²) in [6.07, 6.45) is 1.98. The van der Waals surface area contributed by atoms with E-state index in [1.165, 1.54) is 0 Å². The van der Waals surface area contributed by atoms with E-state index in [-0.39, 0.29) is 11.9 Å². The Bertz CT molecular complexity index is 445. The number of nitrogens with two attached hydrogens (primary N) is 1. The van der Waals surface area contributed by atoms with Crippen LogP contribution in [0.25, 0.3) is 0 Å². The number of rotatable bonds is 2. The molecule has 0 spiro atoms. The van der Waals surface area contributed by atoms with Gasteiger partial charge in [0.15, 0.2) is 0 Å². The average Bonchev–Trinajstić information content (AvgIpc) is 2.37. The lowest BCUT2D eigenvalue weighted by Crippen LogP contribution is -2.42. The lowest BCUT2D eigenvalue weighted by Gasteiger charge is -2.33. The maximum absolute atomic E-state index is 12.4. The van der Waals surface area contributed by atoms with Gasteiger partial charge in [-0.25, -0.2) is 0 Å². The molecule has 1 fully saturated rings. The fourth-order valence-corrected chi connectivity index (χ4v) is 2.96. The van der Waals surface area contributed by atoms with Crippen molar-refractivity contribution in [3.63, 3.8) is 0 Å². The smallest absolute Gasteiger partial charge is 0.253 e. The van der Waals surface area contributed by atoms with E-state index in [0.29, 0.717) is 16.5 Å². The normalized spacial score (nSPS) is 18.4. The lowest BCUT2D eigenvalue weighted by atomic mass is 9.90. The van der Waals surface area contributed by atoms with Gasteiger partial charge in [0, 0.05) is 29.7 Å². The summed E-state index contributed by atoms with van der Waals surface area (Å²) in [6.45, 7) is 5.57. The van der Waals surface area contributed by atoms with Gasteiger partial charge in [-0.1, -0.05) is 11.6 Å². The van der Waals surface area contributed by atoms with E-state index in [2.05, 4.69) is 0 Å². The Morgan fingerprint density at radius 2 is 2.00 bits per heavy atom. The minimum absolute atomic E-state index is 0.0775. The van der Waals surface area contributed by atoms with E-state index < -0.39 is 0 Å². The summed E-state index contributed by atoms with van der Waals surface area (Å²) in [5, 5.41) is 0.619. The molecular formula is C15H21ClN2O. The van der Waals surface area contributed by atoms with E-state index in [9.17, 15) is 4.79 Å². The zero-order chi connectivity index (χ0) is 14.0. The average molecular weight is 281 g/mol. The van der Waals surface area contributed by atoms with Crippen molar-refractivity contribution < 1.29 is 4.79 Å². The summed E-state index contributed by atoms with van der Waals surface area (Å²) in [5.41, 5.74) is 7.62. The van der Waals surface area contributed by atoms with Crippen LogP contribution in [-0.2, 0) is 0 Å². The molecule has 1 unspecified atom stereocenters. The van der Waals surface area contributed by atoms with Crippen molar-refractivity contribution >= 4 is 17.5 Å². The first-order valence-electron chi connectivity index (χ1n) is 6.79. The molecule has 0 saturated carbocycles. The molecule has 0 radical (unpaired) electrons. The third-order valence-electron chi connectivity index (χ3n) is 3.86. The van der Waals surface area contributed by atoms with Crippen molar-refractivity contribution in [2.24, 2.45) is 11.7 Å². The molecule has 1 aliphatic heterocycles. The van der Waals surface area contributed by atoms with E-state index >= 15 is 0 Å². The molecule has 1 heterocycles. The number of carbonyl (C=O) groups excluding carboxylic acids is 1. The van der Waals surface area contributed by atoms with Crippen molar-refractivity contribution in [3.8, 4) is 0 Å². The monoisotopic (exact) mass is 280 g/mol. The number of likely N-dealkylation sites (tertiary alicyclic amines) is 1. The molecule has 0 aliphatic carbocycles. The Morgan fingerprint density at radius 3 is 2.53 bits per heavy atom. The van der Waals surface area contributed by atoms with Crippen LogP contribution in [0.3, 0.4) is 0 Å². The second kappa shape index (κ2) is 5.93. The minimum atomic E-state index is 0.0775. The summed E-state index contributed by atoms with van der Waals surface area (Å²) >= 11 is 6.01. The molecule has 1 aliphatic rings. The molecule has 104 valence electrons. The third-order valence-corrected chi connectivity index (χ3v) is 4.08. The van der Waals surface area contributed by atoms with Crippen LogP contribution in [0.5, 0.6) is 0 Å². The maximum atomic E-state index is 12.4. The van der Waals surface area contributed by atoms with Gasteiger partial charge in [0.1, 0.15) is 0 Å². The van der Waals surface area contributed by atoms with Crippen LogP contribution >= 0.6 is 11.6 Å². The first kappa shape index (κ1) is 14.4. The topological polar surface area (TPSA) is 46.3 Å². The van der Waals surface area contributed by atoms with Gasteiger partial charge in [0.25, 0.3) is 5.91 Å². The van der Waals surface area contributed by atoms with Crippen LogP contribution in [0, 0.1) is 12.8 Å². The fourth-order valence-electron chi connectivity index (χ4n) is 2.67. The Kier molecular flexibility index (Phi) is 4.48. The van der Waals surface area contributed by atoms with Gasteiger partial charge in [0.05, 0.1) is 0 Å². The second-order valence-electron chi connectivity index (χ2n) is 5.51. The Morgan fingerprint density at radius 1 is 1.37 bits per heavy atom. The summed E-state index contributed by atoms with van der Waals surface area (Å²) < 4.78 is 0. The summed E-state index contributed by atoms with van der Waals surface area (Å²) in [6, 6.07) is 5.71. The molecular weight excluding hydrogens is 260 g/mol. The first-order valence-corrected chi connectivity index (χ1v) is 7.17. The second-order valence-corrected chi connectivity index (χ2v) is 5.94. The SMILES string of the molecule is Cc1cc(Cl)cc(C(=O)N2CCC(C(C)N)CC2)c1. The zero-order valence-electron chi connectivity index (χ0n) is 11.5. The summed E-state index contributed by atoms with van der Waals surface area (Å²) in [5.74, 6) is 0.610. The van der Waals surface area contributed by atoms with Gasteiger partial charge in [0.2, 0.25) is 0 Å². The quantitative estimate of drug-likeness (QED) is 0.905. The molecule has 19 heavy (non-hydrogen) atoms. The molecule has 1 aromatic carbocycles. The van der Waals surface area contributed by atoms with Crippen molar-refractivity contribution in [1.82, 2.24) is 4.90 Å². The van der Waals surface area contributed by atoms with Crippen LogP contribution in [-0.4, -0.2) is 29.9 Å². The van der Waals surface area contributed by atoms with Crippen LogP contribution in [0.4, 0.5) is 0 Å². The molecule has 0 aromatic heterocycles. The molecule has 1 aromatic rings. The van der Waals surface area contributed by atoms with Gasteiger partial charge in [-0.05, 0) is 56.4 Å². The van der Waals surface area contributed by atoms with E-state index in [1.807, 2.05) is 30.9 Å². The lowest BCUT2D eigenvalue weighted by molar-refractivity contribution is 0.0681. The largest absolute Gasteiger partial charge is 0.339 e. The van der Waals surface area contributed by atoms with E-state index in [0.717, 1.165) is 31.5 Å². The van der Waals surface area contributed by atoms with E-state index in [1.54, 1.807) is 6.07 Å². The van der Waals surface area contributed by atoms with Crippen LogP contribution in [0.15, 0.2) is 18.2 Å². The number of nitrogens with zero attached hydrogens (tertiary/aromatic N) is 1. The molecule has 0 bridgehead atoms. The van der Waals surface area contributed by atoms with Gasteiger partial charge >= 0.3 is 0 Å². The third kappa shape index (κ3) is 3.48. The van der Waals surface area contributed by atoms with Crippen molar-refractivity contribution in [1.29, 1.82) is 0 Å². The zero-order valence-corrected chi connectivity index (χ0v) is 12.3. The molecule has 2 N–H and O–H groups in total. The standard InChI is InChI=1S/C15H21ClN2O/c1-10-7-13(9-14(16)8-10)15(19)18-5-3-12(4-6-18)11(2)17/h7-9,11-12H,3-6,17H2,1-2H3. The maximum Gasteiger partial charge on any atom is 0.253 e. The van der Waals surface area contributed by atoms with E-state index in [4.69, 9.17) is 17.3 Å². The predicted molar refractivity (Wildman–Crippen MR) is 78.5 cm³/mol. The molecule has 1 atom stereocenters. The number of piperidine rings is 1. The Hall–Kier alpha value is -1.06. The Labute approximate surface area is 119 Å². The van der Waals surface area contributed by atoms with Gasteiger partial charge in [-0.15, -0.1) is 0 Å². The fraction of sp³-hybridized carbons (Fsp3) is 0.533. The van der Waals surface area contributed by atoms with Gasteiger partial charge < -0.3 is 10.6 Å². The number of benzene rings is 1. The van der Waals surface area contributed by atoms with Crippen molar-refractivity contribution in [3.05, 3.63) is 34.3 Å². The number of halogens is 1. The molecule has 4 heteroatoms. The minimum Gasteiger partial charge on any atom is -0.339 e. The number of hydrogen-bond donors (Lipinski definition) is 1.